The minimum atomic E-state index is -0.0282. The molecule has 1 aliphatic heterocycles. The second-order valence-electron chi connectivity index (χ2n) is 8.49. The van der Waals surface area contributed by atoms with E-state index in [1.807, 2.05) is 12.1 Å². The molecule has 1 aromatic heterocycles. The topological polar surface area (TPSA) is 63.0 Å². The van der Waals surface area contributed by atoms with Crippen molar-refractivity contribution < 1.29 is 18.7 Å². The summed E-state index contributed by atoms with van der Waals surface area (Å²) in [7, 11) is 0. The van der Waals surface area contributed by atoms with Crippen molar-refractivity contribution in [1.29, 1.82) is 0 Å². The molecule has 6 nitrogen and oxygen atoms in total. The lowest BCUT2D eigenvalue weighted by Crippen LogP contribution is -2.45. The van der Waals surface area contributed by atoms with E-state index in [0.717, 1.165) is 38.1 Å². The van der Waals surface area contributed by atoms with Crippen LogP contribution < -0.4 is 0 Å². The summed E-state index contributed by atoms with van der Waals surface area (Å²) in [5, 5.41) is 0. The molecule has 2 heterocycles. The first kappa shape index (κ1) is 21.9. The molecule has 3 rings (SSSR count). The Labute approximate surface area is 174 Å². The lowest BCUT2D eigenvalue weighted by Gasteiger charge is -2.29. The average Bonchev–Trinajstić information content (AvgIpc) is 3.48. The Hall–Kier alpha value is -1.82. The molecule has 0 aromatic carbocycles. The van der Waals surface area contributed by atoms with Crippen LogP contribution in [0.15, 0.2) is 22.8 Å². The lowest BCUT2D eigenvalue weighted by atomic mass is 10.0. The minimum absolute atomic E-state index is 0.0282. The smallest absolute Gasteiger partial charge is 0.242 e. The van der Waals surface area contributed by atoms with Gasteiger partial charge in [-0.2, -0.15) is 0 Å². The zero-order chi connectivity index (χ0) is 20.5. The van der Waals surface area contributed by atoms with Crippen LogP contribution in [0.2, 0.25) is 0 Å². The zero-order valence-electron chi connectivity index (χ0n) is 17.8. The van der Waals surface area contributed by atoms with E-state index >= 15 is 0 Å². The van der Waals surface area contributed by atoms with Crippen molar-refractivity contribution in [2.75, 3.05) is 26.2 Å². The van der Waals surface area contributed by atoms with E-state index in [2.05, 4.69) is 6.92 Å². The van der Waals surface area contributed by atoms with Gasteiger partial charge in [0.1, 0.15) is 5.76 Å². The second-order valence-corrected chi connectivity index (χ2v) is 8.49. The molecule has 162 valence electrons. The third-order valence-corrected chi connectivity index (χ3v) is 6.14. The van der Waals surface area contributed by atoms with Crippen molar-refractivity contribution >= 4 is 11.8 Å². The van der Waals surface area contributed by atoms with Crippen LogP contribution in [0.3, 0.4) is 0 Å². The molecule has 1 unspecified atom stereocenters. The van der Waals surface area contributed by atoms with Gasteiger partial charge in [-0.3, -0.25) is 9.59 Å². The molecule has 2 fully saturated rings. The molecule has 6 heteroatoms. The fourth-order valence-corrected chi connectivity index (χ4v) is 4.49. The molecule has 1 aliphatic carbocycles. The molecule has 1 saturated heterocycles. The number of hydrogen-bond donors (Lipinski definition) is 0. The Morgan fingerprint density at radius 2 is 1.93 bits per heavy atom. The molecule has 29 heavy (non-hydrogen) atoms. The summed E-state index contributed by atoms with van der Waals surface area (Å²) in [5.74, 6) is 1.53. The predicted molar refractivity (Wildman–Crippen MR) is 111 cm³/mol. The van der Waals surface area contributed by atoms with Gasteiger partial charge in [0.15, 0.2) is 0 Å². The van der Waals surface area contributed by atoms with E-state index in [1.54, 1.807) is 16.1 Å². The van der Waals surface area contributed by atoms with Gasteiger partial charge < -0.3 is 19.0 Å². The summed E-state index contributed by atoms with van der Waals surface area (Å²) < 4.78 is 11.2. The van der Waals surface area contributed by atoms with Crippen molar-refractivity contribution in [2.45, 2.75) is 77.4 Å². The standard InChI is InChI=1S/C23H36N2O4/c1-2-13-24(22(26)12-11-19-7-3-4-8-19)18-23(27)25(16-20-9-5-14-28-20)17-21-10-6-15-29-21/h5,9,14,19,21H,2-4,6-8,10-13,15-18H2,1H3. The van der Waals surface area contributed by atoms with Gasteiger partial charge in [0.2, 0.25) is 11.8 Å². The van der Waals surface area contributed by atoms with Crippen molar-refractivity contribution in [1.82, 2.24) is 9.80 Å². The van der Waals surface area contributed by atoms with Gasteiger partial charge in [-0.1, -0.05) is 32.6 Å². The molecule has 1 atom stereocenters. The number of nitrogens with zero attached hydrogens (tertiary/aromatic N) is 2. The molecule has 0 bridgehead atoms. The summed E-state index contributed by atoms with van der Waals surface area (Å²) in [5.41, 5.74) is 0. The van der Waals surface area contributed by atoms with E-state index < -0.39 is 0 Å². The van der Waals surface area contributed by atoms with Gasteiger partial charge in [0.25, 0.3) is 0 Å². The van der Waals surface area contributed by atoms with Crippen LogP contribution in [0, 0.1) is 5.92 Å². The third-order valence-electron chi connectivity index (χ3n) is 6.14. The number of carbonyl (C=O) groups is 2. The highest BCUT2D eigenvalue weighted by Gasteiger charge is 2.26. The van der Waals surface area contributed by atoms with E-state index in [0.29, 0.717) is 32.0 Å². The fraction of sp³-hybridized carbons (Fsp3) is 0.739. The molecule has 0 spiro atoms. The number of ether oxygens (including phenoxy) is 1. The summed E-state index contributed by atoms with van der Waals surface area (Å²) in [4.78, 5) is 29.5. The largest absolute Gasteiger partial charge is 0.467 e. The van der Waals surface area contributed by atoms with E-state index in [-0.39, 0.29) is 24.5 Å². The molecular formula is C23H36N2O4. The highest BCUT2D eigenvalue weighted by molar-refractivity contribution is 5.84. The second kappa shape index (κ2) is 11.4. The van der Waals surface area contributed by atoms with Gasteiger partial charge >= 0.3 is 0 Å². The molecule has 1 aromatic rings. The lowest BCUT2D eigenvalue weighted by molar-refractivity contribution is -0.142. The zero-order valence-corrected chi connectivity index (χ0v) is 17.8. The quantitative estimate of drug-likeness (QED) is 0.559. The third kappa shape index (κ3) is 6.88. The summed E-state index contributed by atoms with van der Waals surface area (Å²) in [6.07, 6.45) is 11.2. The summed E-state index contributed by atoms with van der Waals surface area (Å²) in [6.45, 7) is 4.55. The van der Waals surface area contributed by atoms with Crippen LogP contribution in [-0.2, 0) is 20.9 Å². The summed E-state index contributed by atoms with van der Waals surface area (Å²) >= 11 is 0. The van der Waals surface area contributed by atoms with Crippen LogP contribution in [0.25, 0.3) is 0 Å². The van der Waals surface area contributed by atoms with E-state index in [1.165, 1.54) is 25.7 Å². The van der Waals surface area contributed by atoms with Gasteiger partial charge in [0.05, 0.1) is 25.5 Å². The van der Waals surface area contributed by atoms with Gasteiger partial charge in [-0.15, -0.1) is 0 Å². The Balaban J connectivity index is 1.57. The molecule has 2 amide bonds. The van der Waals surface area contributed by atoms with Crippen molar-refractivity contribution in [3.8, 4) is 0 Å². The highest BCUT2D eigenvalue weighted by atomic mass is 16.5. The van der Waals surface area contributed by atoms with Crippen LogP contribution >= 0.6 is 0 Å². The highest BCUT2D eigenvalue weighted by Crippen LogP contribution is 2.28. The normalized spacial score (nSPS) is 19.6. The molecule has 0 N–H and O–H groups in total. The number of rotatable bonds is 11. The van der Waals surface area contributed by atoms with Gasteiger partial charge in [-0.05, 0) is 43.7 Å². The number of carbonyl (C=O) groups excluding carboxylic acids is 2. The van der Waals surface area contributed by atoms with Gasteiger partial charge in [-0.25, -0.2) is 0 Å². The average molecular weight is 405 g/mol. The van der Waals surface area contributed by atoms with Crippen LogP contribution in [0.5, 0.6) is 0 Å². The first-order valence-corrected chi connectivity index (χ1v) is 11.3. The SMILES string of the molecule is CCCN(CC(=O)N(Cc1ccco1)CC1CCCO1)C(=O)CCC1CCCC1. The minimum Gasteiger partial charge on any atom is -0.467 e. The monoisotopic (exact) mass is 404 g/mol. The Morgan fingerprint density at radius 1 is 1.10 bits per heavy atom. The van der Waals surface area contributed by atoms with Crippen molar-refractivity contribution in [3.05, 3.63) is 24.2 Å². The first-order valence-electron chi connectivity index (χ1n) is 11.3. The fourth-order valence-electron chi connectivity index (χ4n) is 4.49. The maximum atomic E-state index is 13.1. The Bertz CT molecular complexity index is 619. The Kier molecular flexibility index (Phi) is 8.59. The van der Waals surface area contributed by atoms with Crippen LogP contribution in [0.1, 0.15) is 70.5 Å². The van der Waals surface area contributed by atoms with E-state index in [9.17, 15) is 9.59 Å². The van der Waals surface area contributed by atoms with Gasteiger partial charge in [0, 0.05) is 26.1 Å². The molecular weight excluding hydrogens is 368 g/mol. The first-order chi connectivity index (χ1) is 14.2. The number of hydrogen-bond acceptors (Lipinski definition) is 4. The number of amides is 2. The molecule has 2 aliphatic rings. The summed E-state index contributed by atoms with van der Waals surface area (Å²) in [6, 6.07) is 3.71. The van der Waals surface area contributed by atoms with Crippen LogP contribution in [0.4, 0.5) is 0 Å². The molecule has 0 radical (unpaired) electrons. The van der Waals surface area contributed by atoms with Crippen LogP contribution in [-0.4, -0.2) is 54.0 Å². The molecule has 1 saturated carbocycles. The van der Waals surface area contributed by atoms with E-state index in [4.69, 9.17) is 9.15 Å². The van der Waals surface area contributed by atoms with Crippen molar-refractivity contribution in [3.63, 3.8) is 0 Å². The number of furan rings is 1. The maximum Gasteiger partial charge on any atom is 0.242 e. The Morgan fingerprint density at radius 3 is 2.59 bits per heavy atom. The maximum absolute atomic E-state index is 13.1. The van der Waals surface area contributed by atoms with Crippen molar-refractivity contribution in [2.24, 2.45) is 5.92 Å². The predicted octanol–water partition coefficient (Wildman–Crippen LogP) is 4.00.